The maximum atomic E-state index is 13.1. The summed E-state index contributed by atoms with van der Waals surface area (Å²) in [6.45, 7) is 7.51. The van der Waals surface area contributed by atoms with Crippen LogP contribution in [-0.4, -0.2) is 36.1 Å². The molecule has 6 nitrogen and oxygen atoms in total. The highest BCUT2D eigenvalue weighted by atomic mass is 32.1. The Kier molecular flexibility index (Phi) is 3.95. The molecule has 0 saturated carbocycles. The molecule has 4 rings (SSSR count). The average molecular weight is 356 g/mol. The summed E-state index contributed by atoms with van der Waals surface area (Å²) in [5, 5.41) is 5.21. The van der Waals surface area contributed by atoms with Gasteiger partial charge >= 0.3 is 0 Å². The maximum absolute atomic E-state index is 13.1. The van der Waals surface area contributed by atoms with Crippen LogP contribution >= 0.6 is 11.3 Å². The zero-order valence-corrected chi connectivity index (χ0v) is 15.3. The molecule has 0 aliphatic carbocycles. The molecule has 2 aromatic heterocycles. The van der Waals surface area contributed by atoms with Gasteiger partial charge in [0.15, 0.2) is 0 Å². The van der Waals surface area contributed by atoms with E-state index in [1.807, 2.05) is 16.3 Å². The summed E-state index contributed by atoms with van der Waals surface area (Å²) in [5.41, 5.74) is 1.25. The Hall–Kier alpha value is -2.41. The van der Waals surface area contributed by atoms with Gasteiger partial charge in [-0.15, -0.1) is 11.3 Å². The van der Waals surface area contributed by atoms with Crippen LogP contribution in [0.2, 0.25) is 0 Å². The second-order valence-electron chi connectivity index (χ2n) is 6.57. The number of amidine groups is 1. The van der Waals surface area contributed by atoms with Crippen LogP contribution in [0.15, 0.2) is 31.9 Å². The SMILES string of the molecule is Cc1oc2c(c1C(=O)N[C@@H](c1cccs1)C(C)C)C1=NCCN1C=N2. The van der Waals surface area contributed by atoms with Gasteiger partial charge in [-0.05, 0) is 24.3 Å². The van der Waals surface area contributed by atoms with Crippen LogP contribution in [0.1, 0.15) is 46.4 Å². The number of amides is 1. The minimum atomic E-state index is -0.138. The molecule has 1 amide bonds. The normalized spacial score (nSPS) is 16.6. The van der Waals surface area contributed by atoms with Crippen molar-refractivity contribution < 1.29 is 9.21 Å². The third kappa shape index (κ3) is 2.68. The van der Waals surface area contributed by atoms with Crippen LogP contribution in [-0.2, 0) is 0 Å². The third-order valence-electron chi connectivity index (χ3n) is 4.51. The lowest BCUT2D eigenvalue weighted by molar-refractivity contribution is 0.0925. The highest BCUT2D eigenvalue weighted by molar-refractivity contribution is 7.10. The Morgan fingerprint density at radius 2 is 2.28 bits per heavy atom. The van der Waals surface area contributed by atoms with Gasteiger partial charge in [0.05, 0.1) is 23.7 Å². The van der Waals surface area contributed by atoms with Crippen molar-refractivity contribution in [1.29, 1.82) is 0 Å². The number of thiophene rings is 1. The largest absolute Gasteiger partial charge is 0.442 e. The van der Waals surface area contributed by atoms with Crippen molar-refractivity contribution in [3.63, 3.8) is 0 Å². The molecule has 0 unspecified atom stereocenters. The van der Waals surface area contributed by atoms with Gasteiger partial charge in [-0.3, -0.25) is 9.79 Å². The van der Waals surface area contributed by atoms with Crippen LogP contribution in [0.4, 0.5) is 5.88 Å². The fraction of sp³-hybridized carbons (Fsp3) is 0.389. The Morgan fingerprint density at radius 3 is 3.00 bits per heavy atom. The van der Waals surface area contributed by atoms with E-state index in [9.17, 15) is 4.79 Å². The van der Waals surface area contributed by atoms with Crippen molar-refractivity contribution in [3.8, 4) is 0 Å². The topological polar surface area (TPSA) is 70.2 Å². The molecule has 0 bridgehead atoms. The van der Waals surface area contributed by atoms with E-state index in [1.54, 1.807) is 24.6 Å². The van der Waals surface area contributed by atoms with Crippen LogP contribution in [0.5, 0.6) is 0 Å². The minimum absolute atomic E-state index is 0.0360. The highest BCUT2D eigenvalue weighted by Gasteiger charge is 2.34. The Morgan fingerprint density at radius 1 is 1.44 bits per heavy atom. The van der Waals surface area contributed by atoms with Crippen LogP contribution < -0.4 is 5.32 Å². The fourth-order valence-corrected chi connectivity index (χ4v) is 4.22. The summed E-state index contributed by atoms with van der Waals surface area (Å²) in [7, 11) is 0. The number of fused-ring (bicyclic) bond motifs is 3. The number of nitrogens with one attached hydrogen (secondary N) is 1. The predicted octanol–water partition coefficient (Wildman–Crippen LogP) is 3.51. The van der Waals surface area contributed by atoms with Gasteiger partial charge in [0.1, 0.15) is 17.9 Å². The molecular formula is C18H20N4O2S. The van der Waals surface area contributed by atoms with Gasteiger partial charge in [-0.1, -0.05) is 19.9 Å². The molecule has 0 saturated heterocycles. The van der Waals surface area contributed by atoms with Crippen LogP contribution in [0, 0.1) is 12.8 Å². The molecular weight excluding hydrogens is 336 g/mol. The second kappa shape index (κ2) is 6.15. The fourth-order valence-electron chi connectivity index (χ4n) is 3.27. The summed E-state index contributed by atoms with van der Waals surface area (Å²) >= 11 is 1.65. The molecule has 130 valence electrons. The lowest BCUT2D eigenvalue weighted by Gasteiger charge is -2.22. The lowest BCUT2D eigenvalue weighted by atomic mass is 10.0. The Labute approximate surface area is 150 Å². The molecule has 2 aliphatic rings. The number of rotatable bonds is 4. The first-order chi connectivity index (χ1) is 12.1. The van der Waals surface area contributed by atoms with Crippen molar-refractivity contribution in [1.82, 2.24) is 10.2 Å². The molecule has 1 atom stereocenters. The number of nitrogens with zero attached hydrogens (tertiary/aromatic N) is 3. The summed E-state index contributed by atoms with van der Waals surface area (Å²) in [4.78, 5) is 25.1. The molecule has 0 aromatic carbocycles. The molecule has 2 aliphatic heterocycles. The highest BCUT2D eigenvalue weighted by Crippen LogP contribution is 2.35. The van der Waals surface area contributed by atoms with Crippen molar-refractivity contribution >= 4 is 35.3 Å². The lowest BCUT2D eigenvalue weighted by Crippen LogP contribution is -2.34. The quantitative estimate of drug-likeness (QED) is 0.911. The monoisotopic (exact) mass is 356 g/mol. The van der Waals surface area contributed by atoms with E-state index in [0.717, 1.165) is 17.3 Å². The average Bonchev–Trinajstić information content (AvgIpc) is 3.29. The molecule has 4 heterocycles. The van der Waals surface area contributed by atoms with Gasteiger partial charge in [-0.2, -0.15) is 0 Å². The number of furan rings is 1. The molecule has 0 spiro atoms. The number of carbonyl (C=O) groups excluding carboxylic acids is 1. The first-order valence-corrected chi connectivity index (χ1v) is 9.27. The van der Waals surface area contributed by atoms with E-state index in [2.05, 4.69) is 35.2 Å². The summed E-state index contributed by atoms with van der Waals surface area (Å²) in [6.07, 6.45) is 1.72. The van der Waals surface area contributed by atoms with E-state index in [-0.39, 0.29) is 17.9 Å². The Bertz CT molecular complexity index is 864. The van der Waals surface area contributed by atoms with E-state index in [4.69, 9.17) is 4.42 Å². The number of aryl methyl sites for hydroxylation is 1. The predicted molar refractivity (Wildman–Crippen MR) is 99.1 cm³/mol. The van der Waals surface area contributed by atoms with E-state index in [0.29, 0.717) is 29.3 Å². The number of carbonyl (C=O) groups is 1. The molecule has 2 aromatic rings. The van der Waals surface area contributed by atoms with Gasteiger partial charge < -0.3 is 14.6 Å². The van der Waals surface area contributed by atoms with Crippen molar-refractivity contribution in [3.05, 3.63) is 39.3 Å². The van der Waals surface area contributed by atoms with Gasteiger partial charge in [-0.25, -0.2) is 4.99 Å². The molecule has 25 heavy (non-hydrogen) atoms. The summed E-state index contributed by atoms with van der Waals surface area (Å²) < 4.78 is 5.74. The van der Waals surface area contributed by atoms with Crippen molar-refractivity contribution in [2.45, 2.75) is 26.8 Å². The maximum Gasteiger partial charge on any atom is 0.256 e. The molecule has 7 heteroatoms. The third-order valence-corrected chi connectivity index (χ3v) is 5.46. The standard InChI is InChI=1S/C18H20N4O2S/c1-10(2)15(12-5-4-8-25-12)21-17(23)13-11(3)24-18-14(13)16-19-6-7-22(16)9-20-18/h4-5,8-10,15H,6-7H2,1-3H3,(H,21,23)/t15-/m1/s1. The molecule has 0 radical (unpaired) electrons. The van der Waals surface area contributed by atoms with Gasteiger partial charge in [0.2, 0.25) is 5.88 Å². The second-order valence-corrected chi connectivity index (χ2v) is 7.55. The minimum Gasteiger partial charge on any atom is -0.442 e. The number of hydrogen-bond acceptors (Lipinski definition) is 6. The number of hydrogen-bond donors (Lipinski definition) is 1. The van der Waals surface area contributed by atoms with Gasteiger partial charge in [0, 0.05) is 11.4 Å². The van der Waals surface area contributed by atoms with E-state index < -0.39 is 0 Å². The smallest absolute Gasteiger partial charge is 0.256 e. The first kappa shape index (κ1) is 16.1. The Balaban J connectivity index is 1.70. The first-order valence-electron chi connectivity index (χ1n) is 8.39. The zero-order chi connectivity index (χ0) is 17.6. The molecule has 0 fully saturated rings. The summed E-state index contributed by atoms with van der Waals surface area (Å²) in [6, 6.07) is 4.03. The van der Waals surface area contributed by atoms with Gasteiger partial charge in [0.25, 0.3) is 5.91 Å². The molecule has 1 N–H and O–H groups in total. The van der Waals surface area contributed by atoms with Crippen molar-refractivity contribution in [2.75, 3.05) is 13.1 Å². The van der Waals surface area contributed by atoms with E-state index in [1.165, 1.54) is 0 Å². The van der Waals surface area contributed by atoms with Crippen LogP contribution in [0.25, 0.3) is 0 Å². The van der Waals surface area contributed by atoms with E-state index >= 15 is 0 Å². The number of aliphatic imine (C=N–C) groups is 2. The van der Waals surface area contributed by atoms with Crippen LogP contribution in [0.3, 0.4) is 0 Å². The van der Waals surface area contributed by atoms with Crippen molar-refractivity contribution in [2.24, 2.45) is 15.9 Å². The summed E-state index contributed by atoms with van der Waals surface area (Å²) in [5.74, 6) is 1.97. The zero-order valence-electron chi connectivity index (χ0n) is 14.4.